The second-order valence-electron chi connectivity index (χ2n) is 3.92. The Bertz CT molecular complexity index is 407. The van der Waals surface area contributed by atoms with Crippen molar-refractivity contribution < 1.29 is 14.6 Å². The highest BCUT2D eigenvalue weighted by molar-refractivity contribution is 5.91. The Balaban J connectivity index is 2.92. The topological polar surface area (TPSA) is 75.8 Å². The van der Waals surface area contributed by atoms with Gasteiger partial charge in [-0.05, 0) is 31.5 Å². The number of hydrogen-bond acceptors (Lipinski definition) is 5. The van der Waals surface area contributed by atoms with E-state index < -0.39 is 5.97 Å². The quantitative estimate of drug-likeness (QED) is 0.589. The van der Waals surface area contributed by atoms with Crippen LogP contribution >= 0.6 is 0 Å². The largest absolute Gasteiger partial charge is 0.465 e. The Morgan fingerprint density at radius 1 is 1.50 bits per heavy atom. The van der Waals surface area contributed by atoms with Crippen LogP contribution in [0.25, 0.3) is 0 Å². The molecule has 1 rings (SSSR count). The number of aliphatic hydroxyl groups excluding tert-OH is 1. The van der Waals surface area contributed by atoms with Crippen LogP contribution in [0.2, 0.25) is 0 Å². The lowest BCUT2D eigenvalue weighted by molar-refractivity contribution is 0.0601. The lowest BCUT2D eigenvalue weighted by atomic mass is 10.1. The Morgan fingerprint density at radius 2 is 2.22 bits per heavy atom. The van der Waals surface area contributed by atoms with Crippen molar-refractivity contribution in [1.82, 2.24) is 0 Å². The minimum Gasteiger partial charge on any atom is -0.465 e. The molecule has 0 saturated heterocycles. The first-order chi connectivity index (χ1) is 8.63. The van der Waals surface area contributed by atoms with Crippen molar-refractivity contribution in [3.05, 3.63) is 23.8 Å². The van der Waals surface area contributed by atoms with E-state index in [0.29, 0.717) is 17.7 Å². The van der Waals surface area contributed by atoms with E-state index in [2.05, 4.69) is 9.64 Å². The molecule has 5 nitrogen and oxygen atoms in total. The van der Waals surface area contributed by atoms with Gasteiger partial charge >= 0.3 is 5.97 Å². The van der Waals surface area contributed by atoms with E-state index in [4.69, 9.17) is 10.8 Å². The molecule has 0 atom stereocenters. The summed E-state index contributed by atoms with van der Waals surface area (Å²) < 4.78 is 4.64. The van der Waals surface area contributed by atoms with Gasteiger partial charge in [0, 0.05) is 19.7 Å². The zero-order valence-electron chi connectivity index (χ0n) is 10.8. The normalized spacial score (nSPS) is 10.2. The number of benzene rings is 1. The molecule has 0 heterocycles. The standard InChI is InChI=1S/C13H20N2O3/c1-3-15(7-4-8-16)12-6-5-10(9-11(12)14)13(17)18-2/h5-6,9,16H,3-4,7-8,14H2,1-2H3. The van der Waals surface area contributed by atoms with Crippen molar-refractivity contribution in [1.29, 1.82) is 0 Å². The van der Waals surface area contributed by atoms with Gasteiger partial charge in [-0.2, -0.15) is 0 Å². The molecule has 0 aliphatic heterocycles. The van der Waals surface area contributed by atoms with Gasteiger partial charge < -0.3 is 20.5 Å². The monoisotopic (exact) mass is 252 g/mol. The van der Waals surface area contributed by atoms with Crippen molar-refractivity contribution in [2.75, 3.05) is 37.4 Å². The molecule has 0 unspecified atom stereocenters. The third-order valence-corrected chi connectivity index (χ3v) is 2.76. The maximum atomic E-state index is 11.4. The van der Waals surface area contributed by atoms with E-state index in [1.807, 2.05) is 13.0 Å². The van der Waals surface area contributed by atoms with Crippen LogP contribution in [-0.2, 0) is 4.74 Å². The molecule has 0 amide bonds. The van der Waals surface area contributed by atoms with Crippen LogP contribution in [0.4, 0.5) is 11.4 Å². The maximum Gasteiger partial charge on any atom is 0.337 e. The summed E-state index contributed by atoms with van der Waals surface area (Å²) in [7, 11) is 1.34. The number of rotatable bonds is 6. The molecule has 0 aliphatic carbocycles. The van der Waals surface area contributed by atoms with Gasteiger partial charge in [-0.15, -0.1) is 0 Å². The van der Waals surface area contributed by atoms with Gasteiger partial charge in [0.1, 0.15) is 0 Å². The molecule has 0 spiro atoms. The van der Waals surface area contributed by atoms with E-state index in [1.54, 1.807) is 12.1 Å². The highest BCUT2D eigenvalue weighted by atomic mass is 16.5. The lowest BCUT2D eigenvalue weighted by Gasteiger charge is -2.24. The number of carbonyl (C=O) groups excluding carboxylic acids is 1. The van der Waals surface area contributed by atoms with Gasteiger partial charge in [0.05, 0.1) is 24.0 Å². The number of anilines is 2. The van der Waals surface area contributed by atoms with Crippen molar-refractivity contribution >= 4 is 17.3 Å². The molecule has 5 heteroatoms. The van der Waals surface area contributed by atoms with Gasteiger partial charge in [0.15, 0.2) is 0 Å². The predicted octanol–water partition coefficient (Wildman–Crippen LogP) is 1.26. The minimum absolute atomic E-state index is 0.149. The molecule has 0 aliphatic rings. The van der Waals surface area contributed by atoms with Crippen LogP contribution in [0.5, 0.6) is 0 Å². The van der Waals surface area contributed by atoms with Crippen LogP contribution in [0.3, 0.4) is 0 Å². The molecule has 18 heavy (non-hydrogen) atoms. The Labute approximate surface area is 107 Å². The molecule has 0 bridgehead atoms. The summed E-state index contributed by atoms with van der Waals surface area (Å²) in [6.45, 7) is 3.69. The summed E-state index contributed by atoms with van der Waals surface area (Å²) >= 11 is 0. The summed E-state index contributed by atoms with van der Waals surface area (Å²) in [4.78, 5) is 13.4. The van der Waals surface area contributed by atoms with E-state index >= 15 is 0 Å². The van der Waals surface area contributed by atoms with Gasteiger partial charge in [-0.1, -0.05) is 0 Å². The van der Waals surface area contributed by atoms with Crippen LogP contribution in [0.1, 0.15) is 23.7 Å². The number of esters is 1. The molecule has 0 fully saturated rings. The molecule has 1 aromatic rings. The number of methoxy groups -OCH3 is 1. The highest BCUT2D eigenvalue weighted by Crippen LogP contribution is 2.24. The average Bonchev–Trinajstić information content (AvgIpc) is 2.40. The van der Waals surface area contributed by atoms with Crippen LogP contribution in [-0.4, -0.2) is 37.9 Å². The van der Waals surface area contributed by atoms with E-state index in [-0.39, 0.29) is 6.61 Å². The Morgan fingerprint density at radius 3 is 2.72 bits per heavy atom. The molecule has 0 saturated carbocycles. The fraction of sp³-hybridized carbons (Fsp3) is 0.462. The van der Waals surface area contributed by atoms with Gasteiger partial charge in [-0.3, -0.25) is 0 Å². The summed E-state index contributed by atoms with van der Waals surface area (Å²) in [6.07, 6.45) is 0.687. The van der Waals surface area contributed by atoms with Crippen molar-refractivity contribution in [3.63, 3.8) is 0 Å². The first kappa shape index (κ1) is 14.3. The van der Waals surface area contributed by atoms with Gasteiger partial charge in [-0.25, -0.2) is 4.79 Å². The molecular formula is C13H20N2O3. The molecule has 1 aromatic carbocycles. The fourth-order valence-electron chi connectivity index (χ4n) is 1.80. The maximum absolute atomic E-state index is 11.4. The van der Waals surface area contributed by atoms with Crippen molar-refractivity contribution in [2.24, 2.45) is 0 Å². The summed E-state index contributed by atoms with van der Waals surface area (Å²) in [5.74, 6) is -0.397. The molecule has 3 N–H and O–H groups in total. The number of carbonyl (C=O) groups is 1. The summed E-state index contributed by atoms with van der Waals surface area (Å²) in [6, 6.07) is 5.12. The molecule has 100 valence electrons. The predicted molar refractivity (Wildman–Crippen MR) is 71.8 cm³/mol. The Kier molecular flexibility index (Phi) is 5.45. The molecular weight excluding hydrogens is 232 g/mol. The SMILES string of the molecule is CCN(CCCO)c1ccc(C(=O)OC)cc1N. The first-order valence-corrected chi connectivity index (χ1v) is 5.97. The number of nitrogen functional groups attached to an aromatic ring is 1. The minimum atomic E-state index is -0.397. The molecule has 0 radical (unpaired) electrons. The number of nitrogens with two attached hydrogens (primary N) is 1. The third kappa shape index (κ3) is 3.37. The summed E-state index contributed by atoms with van der Waals surface area (Å²) in [5.41, 5.74) is 7.80. The van der Waals surface area contributed by atoms with Gasteiger partial charge in [0.25, 0.3) is 0 Å². The zero-order valence-corrected chi connectivity index (χ0v) is 10.8. The van der Waals surface area contributed by atoms with Crippen molar-refractivity contribution in [3.8, 4) is 0 Å². The smallest absolute Gasteiger partial charge is 0.337 e. The molecule has 0 aromatic heterocycles. The van der Waals surface area contributed by atoms with Crippen molar-refractivity contribution in [2.45, 2.75) is 13.3 Å². The second-order valence-corrected chi connectivity index (χ2v) is 3.92. The number of aliphatic hydroxyl groups is 1. The number of nitrogens with zero attached hydrogens (tertiary/aromatic N) is 1. The second kappa shape index (κ2) is 6.86. The van der Waals surface area contributed by atoms with E-state index in [9.17, 15) is 4.79 Å². The van der Waals surface area contributed by atoms with Crippen LogP contribution in [0.15, 0.2) is 18.2 Å². The number of hydrogen-bond donors (Lipinski definition) is 2. The van der Waals surface area contributed by atoms with Crippen LogP contribution < -0.4 is 10.6 Å². The van der Waals surface area contributed by atoms with E-state index in [1.165, 1.54) is 7.11 Å². The lowest BCUT2D eigenvalue weighted by Crippen LogP contribution is -2.25. The highest BCUT2D eigenvalue weighted by Gasteiger charge is 2.11. The average molecular weight is 252 g/mol. The fourth-order valence-corrected chi connectivity index (χ4v) is 1.80. The zero-order chi connectivity index (χ0) is 13.5. The van der Waals surface area contributed by atoms with Gasteiger partial charge in [0.2, 0.25) is 0 Å². The Hall–Kier alpha value is -1.75. The van der Waals surface area contributed by atoms with E-state index in [0.717, 1.165) is 18.8 Å². The number of ether oxygens (including phenoxy) is 1. The third-order valence-electron chi connectivity index (χ3n) is 2.76. The van der Waals surface area contributed by atoms with Crippen LogP contribution in [0, 0.1) is 0 Å². The first-order valence-electron chi connectivity index (χ1n) is 5.97. The summed E-state index contributed by atoms with van der Waals surface area (Å²) in [5, 5.41) is 8.86.